The second kappa shape index (κ2) is 8.40. The molecule has 0 aliphatic rings. The number of rotatable bonds is 8. The van der Waals surface area contributed by atoms with Gasteiger partial charge in [-0.2, -0.15) is 4.98 Å². The van der Waals surface area contributed by atoms with Gasteiger partial charge in [0, 0.05) is 20.2 Å². The number of H-pyrrole nitrogens is 1. The second-order valence-corrected chi connectivity index (χ2v) is 5.53. The number of nitrogen functional groups attached to an aromatic ring is 1. The van der Waals surface area contributed by atoms with E-state index in [0.717, 1.165) is 5.56 Å². The molecule has 3 N–H and O–H groups in total. The maximum Gasteiger partial charge on any atom is 0.233 e. The van der Waals surface area contributed by atoms with E-state index in [2.05, 4.69) is 15.2 Å². The van der Waals surface area contributed by atoms with Crippen molar-refractivity contribution in [3.05, 3.63) is 35.9 Å². The molecule has 0 radical (unpaired) electrons. The molecule has 1 amide bonds. The summed E-state index contributed by atoms with van der Waals surface area (Å²) >= 11 is 1.26. The molecule has 0 aliphatic carbocycles. The Morgan fingerprint density at radius 1 is 1.41 bits per heavy atom. The quantitative estimate of drug-likeness (QED) is 0.708. The van der Waals surface area contributed by atoms with Crippen molar-refractivity contribution in [2.24, 2.45) is 0 Å². The largest absolute Gasteiger partial charge is 0.383 e. The number of ether oxygens (including phenoxy) is 1. The molecular weight excluding hydrogens is 302 g/mol. The molecule has 1 aromatic heterocycles. The number of nitrogens with one attached hydrogen (secondary N) is 1. The van der Waals surface area contributed by atoms with E-state index in [1.165, 1.54) is 11.8 Å². The number of aromatic nitrogens is 3. The molecule has 0 saturated carbocycles. The number of hydrogen-bond acceptors (Lipinski definition) is 6. The first-order chi connectivity index (χ1) is 10.7. The average molecular weight is 321 g/mol. The average Bonchev–Trinajstić information content (AvgIpc) is 2.95. The van der Waals surface area contributed by atoms with Crippen molar-refractivity contribution in [3.63, 3.8) is 0 Å². The van der Waals surface area contributed by atoms with Crippen LogP contribution in [-0.2, 0) is 16.1 Å². The number of methoxy groups -OCH3 is 1. The van der Waals surface area contributed by atoms with E-state index >= 15 is 0 Å². The summed E-state index contributed by atoms with van der Waals surface area (Å²) in [5.41, 5.74) is 6.54. The second-order valence-electron chi connectivity index (χ2n) is 4.59. The van der Waals surface area contributed by atoms with Crippen LogP contribution in [0.1, 0.15) is 5.56 Å². The van der Waals surface area contributed by atoms with E-state index < -0.39 is 0 Å². The molecule has 0 aliphatic heterocycles. The number of nitrogens with zero attached hydrogens (tertiary/aromatic N) is 3. The highest BCUT2D eigenvalue weighted by atomic mass is 32.2. The molecule has 1 aromatic carbocycles. The number of carbonyl (C=O) groups excluding carboxylic acids is 1. The zero-order chi connectivity index (χ0) is 15.8. The number of carbonyl (C=O) groups is 1. The highest BCUT2D eigenvalue weighted by Gasteiger charge is 2.15. The first-order valence-corrected chi connectivity index (χ1v) is 7.79. The number of hydrogen-bond donors (Lipinski definition) is 2. The normalized spacial score (nSPS) is 10.6. The molecular formula is C14H19N5O2S. The zero-order valence-corrected chi connectivity index (χ0v) is 13.2. The Morgan fingerprint density at radius 3 is 2.82 bits per heavy atom. The summed E-state index contributed by atoms with van der Waals surface area (Å²) in [7, 11) is 1.62. The third-order valence-electron chi connectivity index (χ3n) is 2.94. The van der Waals surface area contributed by atoms with Gasteiger partial charge < -0.3 is 15.4 Å². The molecule has 7 nitrogen and oxygen atoms in total. The first-order valence-electron chi connectivity index (χ1n) is 6.80. The van der Waals surface area contributed by atoms with Crippen molar-refractivity contribution in [1.82, 2.24) is 20.1 Å². The molecule has 0 atom stereocenters. The number of amides is 1. The van der Waals surface area contributed by atoms with Crippen molar-refractivity contribution < 1.29 is 9.53 Å². The van der Waals surface area contributed by atoms with Crippen molar-refractivity contribution in [3.8, 4) is 0 Å². The lowest BCUT2D eigenvalue weighted by Gasteiger charge is -2.22. The predicted octanol–water partition coefficient (Wildman–Crippen LogP) is 1.15. The number of anilines is 1. The van der Waals surface area contributed by atoms with Crippen LogP contribution in [0.25, 0.3) is 0 Å². The zero-order valence-electron chi connectivity index (χ0n) is 12.4. The summed E-state index contributed by atoms with van der Waals surface area (Å²) < 4.78 is 5.08. The maximum atomic E-state index is 12.4. The Balaban J connectivity index is 1.93. The summed E-state index contributed by atoms with van der Waals surface area (Å²) in [6.07, 6.45) is 0. The lowest BCUT2D eigenvalue weighted by Crippen LogP contribution is -2.34. The van der Waals surface area contributed by atoms with Gasteiger partial charge in [-0.05, 0) is 5.56 Å². The molecule has 1 heterocycles. The standard InChI is InChI=1S/C14H19N5O2S/c1-21-8-7-19(9-11-5-3-2-4-6-11)12(20)10-22-14-16-13(15)17-18-14/h2-6H,7-10H2,1H3,(H3,15,16,17,18). The SMILES string of the molecule is COCCN(Cc1ccccc1)C(=O)CSc1n[nH]c(N)n1. The monoisotopic (exact) mass is 321 g/mol. The topological polar surface area (TPSA) is 97.1 Å². The summed E-state index contributed by atoms with van der Waals surface area (Å²) in [6.45, 7) is 1.59. The maximum absolute atomic E-state index is 12.4. The molecule has 22 heavy (non-hydrogen) atoms. The highest BCUT2D eigenvalue weighted by molar-refractivity contribution is 7.99. The molecule has 0 bridgehead atoms. The van der Waals surface area contributed by atoms with E-state index in [9.17, 15) is 4.79 Å². The van der Waals surface area contributed by atoms with Crippen LogP contribution in [0, 0.1) is 0 Å². The fourth-order valence-corrected chi connectivity index (χ4v) is 2.55. The molecule has 2 aromatic rings. The highest BCUT2D eigenvalue weighted by Crippen LogP contribution is 2.14. The summed E-state index contributed by atoms with van der Waals surface area (Å²) in [5, 5.41) is 6.92. The van der Waals surface area contributed by atoms with E-state index in [1.807, 2.05) is 30.3 Å². The van der Waals surface area contributed by atoms with E-state index in [-0.39, 0.29) is 17.6 Å². The molecule has 2 rings (SSSR count). The minimum absolute atomic E-state index is 0.00859. The lowest BCUT2D eigenvalue weighted by atomic mass is 10.2. The Labute approximate surface area is 133 Å². The van der Waals surface area contributed by atoms with E-state index in [0.29, 0.717) is 24.9 Å². The fourth-order valence-electron chi connectivity index (χ4n) is 1.84. The van der Waals surface area contributed by atoms with Crippen LogP contribution in [0.2, 0.25) is 0 Å². The molecule has 118 valence electrons. The minimum atomic E-state index is 0.00859. The van der Waals surface area contributed by atoms with Gasteiger partial charge in [0.1, 0.15) is 0 Å². The predicted molar refractivity (Wildman–Crippen MR) is 85.3 cm³/mol. The van der Waals surface area contributed by atoms with Gasteiger partial charge in [-0.15, -0.1) is 5.10 Å². The van der Waals surface area contributed by atoms with Gasteiger partial charge in [0.15, 0.2) is 0 Å². The number of benzene rings is 1. The van der Waals surface area contributed by atoms with Crippen LogP contribution >= 0.6 is 11.8 Å². The molecule has 0 saturated heterocycles. The van der Waals surface area contributed by atoms with Crippen LogP contribution in [0.3, 0.4) is 0 Å². The summed E-state index contributed by atoms with van der Waals surface area (Å²) in [6, 6.07) is 9.86. The van der Waals surface area contributed by atoms with Crippen molar-refractivity contribution >= 4 is 23.6 Å². The lowest BCUT2D eigenvalue weighted by molar-refractivity contribution is -0.129. The minimum Gasteiger partial charge on any atom is -0.383 e. The van der Waals surface area contributed by atoms with Crippen molar-refractivity contribution in [1.29, 1.82) is 0 Å². The van der Waals surface area contributed by atoms with Gasteiger partial charge in [0.05, 0.1) is 12.4 Å². The Kier molecular flexibility index (Phi) is 6.23. The van der Waals surface area contributed by atoms with Gasteiger partial charge in [0.25, 0.3) is 0 Å². The molecule has 0 fully saturated rings. The first kappa shape index (κ1) is 16.3. The van der Waals surface area contributed by atoms with E-state index in [4.69, 9.17) is 10.5 Å². The van der Waals surface area contributed by atoms with Gasteiger partial charge >= 0.3 is 0 Å². The third-order valence-corrected chi connectivity index (χ3v) is 3.77. The summed E-state index contributed by atoms with van der Waals surface area (Å²) in [4.78, 5) is 18.1. The van der Waals surface area contributed by atoms with Crippen molar-refractivity contribution in [2.75, 3.05) is 31.7 Å². The van der Waals surface area contributed by atoms with Gasteiger partial charge in [-0.3, -0.25) is 4.79 Å². The molecule has 0 spiro atoms. The Hall–Kier alpha value is -2.06. The van der Waals surface area contributed by atoms with Crippen LogP contribution in [0.15, 0.2) is 35.5 Å². The molecule has 8 heteroatoms. The van der Waals surface area contributed by atoms with Crippen LogP contribution < -0.4 is 5.73 Å². The Morgan fingerprint density at radius 2 is 2.18 bits per heavy atom. The summed E-state index contributed by atoms with van der Waals surface area (Å²) in [5.74, 6) is 0.512. The number of nitrogens with two attached hydrogens (primary N) is 1. The van der Waals surface area contributed by atoms with Gasteiger partial charge in [-0.25, -0.2) is 5.10 Å². The van der Waals surface area contributed by atoms with Gasteiger partial charge in [0.2, 0.25) is 17.0 Å². The van der Waals surface area contributed by atoms with E-state index in [1.54, 1.807) is 12.0 Å². The van der Waals surface area contributed by atoms with Crippen molar-refractivity contribution in [2.45, 2.75) is 11.7 Å². The third kappa shape index (κ3) is 5.05. The van der Waals surface area contributed by atoms with Crippen LogP contribution in [0.4, 0.5) is 5.95 Å². The fraction of sp³-hybridized carbons (Fsp3) is 0.357. The van der Waals surface area contributed by atoms with Gasteiger partial charge in [-0.1, -0.05) is 42.1 Å². The van der Waals surface area contributed by atoms with Crippen LogP contribution in [-0.4, -0.2) is 52.0 Å². The number of aromatic amines is 1. The molecule has 0 unspecified atom stereocenters. The smallest absolute Gasteiger partial charge is 0.233 e. The van der Waals surface area contributed by atoms with Crippen LogP contribution in [0.5, 0.6) is 0 Å². The Bertz CT molecular complexity index is 590. The number of thioether (sulfide) groups is 1.